The van der Waals surface area contributed by atoms with Crippen LogP contribution < -0.4 is 0 Å². The van der Waals surface area contributed by atoms with Crippen LogP contribution in [0.25, 0.3) is 0 Å². The van der Waals surface area contributed by atoms with Crippen LogP contribution in [0.1, 0.15) is 20.8 Å². The zero-order valence-electron chi connectivity index (χ0n) is 7.86. The topological polar surface area (TPSA) is 9.23 Å². The maximum Gasteiger partial charge on any atom is 0.124 e. The quantitative estimate of drug-likeness (QED) is 0.464. The number of allylic oxidation sites excluding steroid dienone is 3. The van der Waals surface area contributed by atoms with E-state index in [4.69, 9.17) is 4.74 Å². The fraction of sp³-hybridized carbons (Fsp3) is 0.400. The van der Waals surface area contributed by atoms with Gasteiger partial charge >= 0.3 is 0 Å². The highest BCUT2D eigenvalue weighted by molar-refractivity contribution is 5.26. The van der Waals surface area contributed by atoms with Crippen molar-refractivity contribution >= 4 is 0 Å². The normalized spacial score (nSPS) is 11.6. The Morgan fingerprint density at radius 3 is 2.17 bits per heavy atom. The Morgan fingerprint density at radius 1 is 1.42 bits per heavy atom. The fourth-order valence-electron chi connectivity index (χ4n) is 0.654. The van der Waals surface area contributed by atoms with Gasteiger partial charge in [0.15, 0.2) is 0 Å². The molecule has 0 aliphatic carbocycles. The van der Waals surface area contributed by atoms with Crippen LogP contribution in [0.15, 0.2) is 36.4 Å². The van der Waals surface area contributed by atoms with Gasteiger partial charge in [0.2, 0.25) is 0 Å². The lowest BCUT2D eigenvalue weighted by Crippen LogP contribution is -2.02. The molecule has 0 aromatic rings. The Bertz CT molecular complexity index is 214. The molecule has 68 valence electrons. The molecule has 12 heavy (non-hydrogen) atoms. The molecule has 0 aromatic heterocycles. The molecule has 0 fully saturated rings. The molecular weight excluding hydrogens is 155 g/mol. The first-order valence-electron chi connectivity index (χ1n) is 3.82. The highest BCUT2D eigenvalue weighted by atomic mass is 19.1. The molecule has 0 bridgehead atoms. The fourth-order valence-corrected chi connectivity index (χ4v) is 0.654. The van der Waals surface area contributed by atoms with Crippen molar-refractivity contribution in [2.45, 2.75) is 26.9 Å². The van der Waals surface area contributed by atoms with Crippen LogP contribution in [-0.4, -0.2) is 6.10 Å². The summed E-state index contributed by atoms with van der Waals surface area (Å²) in [4.78, 5) is 0. The summed E-state index contributed by atoms with van der Waals surface area (Å²) >= 11 is 0. The molecule has 0 heterocycles. The summed E-state index contributed by atoms with van der Waals surface area (Å²) in [5, 5.41) is 0. The van der Waals surface area contributed by atoms with Crippen molar-refractivity contribution in [1.82, 2.24) is 0 Å². The van der Waals surface area contributed by atoms with Crippen molar-refractivity contribution in [1.29, 1.82) is 0 Å². The number of hydrogen-bond donors (Lipinski definition) is 0. The lowest BCUT2D eigenvalue weighted by molar-refractivity contribution is 0.154. The highest BCUT2D eigenvalue weighted by Crippen LogP contribution is 2.14. The second kappa shape index (κ2) is 4.75. The minimum absolute atomic E-state index is 0.0206. The molecule has 0 aromatic carbocycles. The van der Waals surface area contributed by atoms with Gasteiger partial charge in [-0.25, -0.2) is 4.39 Å². The molecular formula is C10H15FO. The highest BCUT2D eigenvalue weighted by Gasteiger charge is 2.02. The van der Waals surface area contributed by atoms with E-state index in [2.05, 4.69) is 13.2 Å². The van der Waals surface area contributed by atoms with Crippen molar-refractivity contribution in [2.75, 3.05) is 0 Å². The molecule has 0 saturated heterocycles. The zero-order chi connectivity index (χ0) is 9.72. The van der Waals surface area contributed by atoms with Crippen LogP contribution in [-0.2, 0) is 4.74 Å². The zero-order valence-corrected chi connectivity index (χ0v) is 7.86. The molecule has 0 aliphatic heterocycles. The predicted molar refractivity (Wildman–Crippen MR) is 49.4 cm³/mol. The Hall–Kier alpha value is -1.05. The van der Waals surface area contributed by atoms with Crippen molar-refractivity contribution < 1.29 is 9.13 Å². The first-order chi connectivity index (χ1) is 5.43. The van der Waals surface area contributed by atoms with Crippen molar-refractivity contribution in [3.05, 3.63) is 36.4 Å². The van der Waals surface area contributed by atoms with Crippen LogP contribution in [0.5, 0.6) is 0 Å². The Kier molecular flexibility index (Phi) is 4.34. The Balaban J connectivity index is 4.44. The average Bonchev–Trinajstić information content (AvgIpc) is 1.83. The Labute approximate surface area is 73.2 Å². The maximum absolute atomic E-state index is 12.4. The van der Waals surface area contributed by atoms with Crippen LogP contribution in [0, 0.1) is 0 Å². The van der Waals surface area contributed by atoms with Gasteiger partial charge in [-0.15, -0.1) is 0 Å². The second-order valence-electron chi connectivity index (χ2n) is 2.90. The monoisotopic (exact) mass is 170 g/mol. The van der Waals surface area contributed by atoms with E-state index in [-0.39, 0.29) is 6.10 Å². The van der Waals surface area contributed by atoms with Gasteiger partial charge in [-0.05, 0) is 26.3 Å². The molecule has 0 rings (SSSR count). The van der Waals surface area contributed by atoms with E-state index in [1.807, 2.05) is 13.8 Å². The lowest BCUT2D eigenvalue weighted by Gasteiger charge is -2.12. The number of rotatable bonds is 4. The van der Waals surface area contributed by atoms with Crippen molar-refractivity contribution in [2.24, 2.45) is 0 Å². The van der Waals surface area contributed by atoms with Gasteiger partial charge in [0.1, 0.15) is 11.6 Å². The van der Waals surface area contributed by atoms with E-state index in [1.54, 1.807) is 6.92 Å². The van der Waals surface area contributed by atoms with E-state index in [0.29, 0.717) is 11.3 Å². The summed E-state index contributed by atoms with van der Waals surface area (Å²) in [5.74, 6) is -0.0637. The van der Waals surface area contributed by atoms with E-state index in [0.717, 1.165) is 0 Å². The van der Waals surface area contributed by atoms with Gasteiger partial charge in [-0.1, -0.05) is 13.2 Å². The van der Waals surface area contributed by atoms with Gasteiger partial charge in [0.05, 0.1) is 6.10 Å². The summed E-state index contributed by atoms with van der Waals surface area (Å²) in [7, 11) is 0. The minimum atomic E-state index is -0.520. The SMILES string of the molecule is C=C(F)/C=C(/OC(C)C)C(=C)C. The molecule has 0 unspecified atom stereocenters. The summed E-state index contributed by atoms with van der Waals surface area (Å²) in [6.45, 7) is 12.3. The molecule has 0 saturated carbocycles. The number of ether oxygens (including phenoxy) is 1. The third-order valence-electron chi connectivity index (χ3n) is 1.07. The number of halogens is 1. The van der Waals surface area contributed by atoms with Crippen molar-refractivity contribution in [3.63, 3.8) is 0 Å². The smallest absolute Gasteiger partial charge is 0.124 e. The third kappa shape index (κ3) is 4.72. The van der Waals surface area contributed by atoms with E-state index < -0.39 is 5.83 Å². The minimum Gasteiger partial charge on any atom is -0.491 e. The standard InChI is InChI=1S/C10H15FO/c1-7(2)10(6-9(5)11)12-8(3)4/h6,8H,1,5H2,2-4H3/b10-6+. The van der Waals surface area contributed by atoms with E-state index in [9.17, 15) is 4.39 Å². The Morgan fingerprint density at radius 2 is 1.92 bits per heavy atom. The largest absolute Gasteiger partial charge is 0.491 e. The predicted octanol–water partition coefficient (Wildman–Crippen LogP) is 3.35. The first kappa shape index (κ1) is 11.0. The molecule has 0 atom stereocenters. The summed E-state index contributed by atoms with van der Waals surface area (Å²) < 4.78 is 17.7. The number of hydrogen-bond acceptors (Lipinski definition) is 1. The van der Waals surface area contributed by atoms with Gasteiger partial charge in [0.25, 0.3) is 0 Å². The summed E-state index contributed by atoms with van der Waals surface area (Å²) in [6.07, 6.45) is 1.26. The van der Waals surface area contributed by atoms with Crippen LogP contribution in [0.4, 0.5) is 4.39 Å². The van der Waals surface area contributed by atoms with Crippen LogP contribution in [0.3, 0.4) is 0 Å². The van der Waals surface area contributed by atoms with Gasteiger partial charge in [-0.3, -0.25) is 0 Å². The maximum atomic E-state index is 12.4. The van der Waals surface area contributed by atoms with Crippen molar-refractivity contribution in [3.8, 4) is 0 Å². The molecule has 1 nitrogen and oxygen atoms in total. The van der Waals surface area contributed by atoms with Crippen LogP contribution >= 0.6 is 0 Å². The van der Waals surface area contributed by atoms with Gasteiger partial charge < -0.3 is 4.74 Å². The molecule has 0 spiro atoms. The summed E-state index contributed by atoms with van der Waals surface area (Å²) in [5.41, 5.74) is 0.697. The third-order valence-corrected chi connectivity index (χ3v) is 1.07. The van der Waals surface area contributed by atoms with Crippen LogP contribution in [0.2, 0.25) is 0 Å². The molecule has 2 heteroatoms. The average molecular weight is 170 g/mol. The van der Waals surface area contributed by atoms with E-state index in [1.165, 1.54) is 6.08 Å². The van der Waals surface area contributed by atoms with Gasteiger partial charge in [-0.2, -0.15) is 0 Å². The molecule has 0 amide bonds. The molecule has 0 radical (unpaired) electrons. The van der Waals surface area contributed by atoms with E-state index >= 15 is 0 Å². The molecule has 0 N–H and O–H groups in total. The summed E-state index contributed by atoms with van der Waals surface area (Å²) in [6, 6.07) is 0. The second-order valence-corrected chi connectivity index (χ2v) is 2.90. The van der Waals surface area contributed by atoms with Gasteiger partial charge in [0, 0.05) is 6.08 Å². The lowest BCUT2D eigenvalue weighted by atomic mass is 10.2. The first-order valence-corrected chi connectivity index (χ1v) is 3.82. The molecule has 0 aliphatic rings.